The molecule has 0 saturated heterocycles. The van der Waals surface area contributed by atoms with E-state index in [1.54, 1.807) is 12.1 Å². The molecule has 1 fully saturated rings. The lowest BCUT2D eigenvalue weighted by atomic mass is 9.69. The number of hydrogen-bond acceptors (Lipinski definition) is 1. The van der Waals surface area contributed by atoms with Gasteiger partial charge in [0.2, 0.25) is 6.43 Å². The lowest BCUT2D eigenvalue weighted by Crippen LogP contribution is -2.36. The molecule has 4 heteroatoms. The third-order valence-corrected chi connectivity index (χ3v) is 3.87. The Hall–Kier alpha value is -1.45. The normalized spacial score (nSPS) is 18.8. The summed E-state index contributed by atoms with van der Waals surface area (Å²) in [4.78, 5) is 10.8. The number of aromatic carboxylic acids is 1. The molecule has 1 aliphatic carbocycles. The van der Waals surface area contributed by atoms with Gasteiger partial charge in [-0.1, -0.05) is 31.4 Å². The van der Waals surface area contributed by atoms with Crippen molar-refractivity contribution in [1.82, 2.24) is 0 Å². The molecule has 2 rings (SSSR count). The first-order chi connectivity index (χ1) is 8.56. The van der Waals surface area contributed by atoms with Crippen LogP contribution in [0.5, 0.6) is 0 Å². The molecule has 98 valence electrons. The van der Waals surface area contributed by atoms with E-state index in [-0.39, 0.29) is 5.56 Å². The van der Waals surface area contributed by atoms with Crippen LogP contribution in [0.4, 0.5) is 8.78 Å². The highest BCUT2D eigenvalue weighted by atomic mass is 19.3. The Morgan fingerprint density at radius 1 is 1.11 bits per heavy atom. The van der Waals surface area contributed by atoms with Crippen molar-refractivity contribution in [1.29, 1.82) is 0 Å². The molecule has 18 heavy (non-hydrogen) atoms. The summed E-state index contributed by atoms with van der Waals surface area (Å²) < 4.78 is 26.8. The highest BCUT2D eigenvalue weighted by Crippen LogP contribution is 2.44. The van der Waals surface area contributed by atoms with E-state index in [1.165, 1.54) is 12.1 Å². The molecule has 1 aromatic carbocycles. The van der Waals surface area contributed by atoms with Gasteiger partial charge in [-0.15, -0.1) is 0 Å². The SMILES string of the molecule is O=C(O)c1ccc(C2(C(F)F)CCCCC2)cc1. The number of carbonyl (C=O) groups is 1. The van der Waals surface area contributed by atoms with Gasteiger partial charge in [-0.05, 0) is 30.5 Å². The first-order valence-corrected chi connectivity index (χ1v) is 6.18. The second kappa shape index (κ2) is 5.04. The summed E-state index contributed by atoms with van der Waals surface area (Å²) in [5.41, 5.74) is -0.365. The van der Waals surface area contributed by atoms with Gasteiger partial charge < -0.3 is 5.11 Å². The van der Waals surface area contributed by atoms with E-state index >= 15 is 0 Å². The Morgan fingerprint density at radius 3 is 2.11 bits per heavy atom. The van der Waals surface area contributed by atoms with Gasteiger partial charge in [-0.2, -0.15) is 0 Å². The minimum Gasteiger partial charge on any atom is -0.478 e. The lowest BCUT2D eigenvalue weighted by Gasteiger charge is -2.37. The minimum absolute atomic E-state index is 0.138. The fourth-order valence-electron chi connectivity index (χ4n) is 2.76. The lowest BCUT2D eigenvalue weighted by molar-refractivity contribution is 0.0254. The average molecular weight is 254 g/mol. The van der Waals surface area contributed by atoms with Gasteiger partial charge in [0, 0.05) is 0 Å². The second-order valence-corrected chi connectivity index (χ2v) is 4.90. The zero-order chi connectivity index (χ0) is 13.2. The predicted octanol–water partition coefficient (Wildman–Crippen LogP) is 3.85. The van der Waals surface area contributed by atoms with Crippen molar-refractivity contribution in [2.24, 2.45) is 0 Å². The summed E-state index contributed by atoms with van der Waals surface area (Å²) in [5.74, 6) is -1.03. The molecule has 0 atom stereocenters. The Bertz CT molecular complexity index is 420. The molecular weight excluding hydrogens is 238 g/mol. The second-order valence-electron chi connectivity index (χ2n) is 4.90. The first-order valence-electron chi connectivity index (χ1n) is 6.18. The van der Waals surface area contributed by atoms with Crippen molar-refractivity contribution < 1.29 is 18.7 Å². The zero-order valence-electron chi connectivity index (χ0n) is 10.0. The molecule has 0 bridgehead atoms. The van der Waals surface area contributed by atoms with Gasteiger partial charge in [0.15, 0.2) is 0 Å². The van der Waals surface area contributed by atoms with Gasteiger partial charge >= 0.3 is 5.97 Å². The Balaban J connectivity index is 2.34. The van der Waals surface area contributed by atoms with Crippen LogP contribution in [0.1, 0.15) is 48.0 Å². The molecule has 0 aliphatic heterocycles. The summed E-state index contributed by atoms with van der Waals surface area (Å²) in [7, 11) is 0. The Labute approximate surface area is 105 Å². The van der Waals surface area contributed by atoms with Crippen LogP contribution in [-0.4, -0.2) is 17.5 Å². The van der Waals surface area contributed by atoms with Crippen LogP contribution in [0.3, 0.4) is 0 Å². The van der Waals surface area contributed by atoms with E-state index in [9.17, 15) is 13.6 Å². The van der Waals surface area contributed by atoms with Crippen LogP contribution in [0.15, 0.2) is 24.3 Å². The standard InChI is InChI=1S/C14H16F2O2/c15-13(16)14(8-2-1-3-9-14)11-6-4-10(5-7-11)12(17)18/h4-7,13H,1-3,8-9H2,(H,17,18). The number of halogens is 2. The van der Waals surface area contributed by atoms with Gasteiger partial charge in [-0.3, -0.25) is 0 Å². The number of carboxylic acids is 1. The third kappa shape index (κ3) is 2.24. The molecule has 0 amide bonds. The van der Waals surface area contributed by atoms with E-state index in [0.29, 0.717) is 18.4 Å². The first kappa shape index (κ1) is 13.0. The number of hydrogen-bond donors (Lipinski definition) is 1. The van der Waals surface area contributed by atoms with Crippen molar-refractivity contribution in [3.8, 4) is 0 Å². The summed E-state index contributed by atoms with van der Waals surface area (Å²) in [6, 6.07) is 5.91. The van der Waals surface area contributed by atoms with Crippen LogP contribution >= 0.6 is 0 Å². The predicted molar refractivity (Wildman–Crippen MR) is 64.2 cm³/mol. The van der Waals surface area contributed by atoms with Crippen LogP contribution in [0, 0.1) is 0 Å². The fourth-order valence-corrected chi connectivity index (χ4v) is 2.76. The summed E-state index contributed by atoms with van der Waals surface area (Å²) >= 11 is 0. The maximum Gasteiger partial charge on any atom is 0.335 e. The van der Waals surface area contributed by atoms with E-state index in [4.69, 9.17) is 5.11 Å². The molecule has 1 N–H and O–H groups in total. The van der Waals surface area contributed by atoms with Crippen molar-refractivity contribution in [2.45, 2.75) is 43.9 Å². The van der Waals surface area contributed by atoms with Crippen molar-refractivity contribution >= 4 is 5.97 Å². The Kier molecular flexibility index (Phi) is 3.64. The molecule has 0 heterocycles. The highest BCUT2D eigenvalue weighted by molar-refractivity contribution is 5.87. The number of alkyl halides is 2. The average Bonchev–Trinajstić information content (AvgIpc) is 2.39. The fraction of sp³-hybridized carbons (Fsp3) is 0.500. The molecule has 0 radical (unpaired) electrons. The maximum absolute atomic E-state index is 13.4. The molecule has 1 aromatic rings. The molecule has 1 aliphatic rings. The molecule has 1 saturated carbocycles. The number of benzene rings is 1. The Morgan fingerprint density at radius 2 is 1.67 bits per heavy atom. The van der Waals surface area contributed by atoms with Crippen molar-refractivity contribution in [2.75, 3.05) is 0 Å². The van der Waals surface area contributed by atoms with Gasteiger partial charge in [-0.25, -0.2) is 13.6 Å². The van der Waals surface area contributed by atoms with Gasteiger partial charge in [0.1, 0.15) is 0 Å². The molecular formula is C14H16F2O2. The summed E-state index contributed by atoms with van der Waals surface area (Å²) in [6.45, 7) is 0. The summed E-state index contributed by atoms with van der Waals surface area (Å²) in [6.07, 6.45) is 1.19. The third-order valence-electron chi connectivity index (χ3n) is 3.87. The van der Waals surface area contributed by atoms with Crippen LogP contribution in [0.2, 0.25) is 0 Å². The number of carboxylic acid groups (broad SMARTS) is 1. The maximum atomic E-state index is 13.4. The quantitative estimate of drug-likeness (QED) is 0.889. The monoisotopic (exact) mass is 254 g/mol. The summed E-state index contributed by atoms with van der Waals surface area (Å²) in [5, 5.41) is 8.81. The number of rotatable bonds is 3. The van der Waals surface area contributed by atoms with Crippen LogP contribution < -0.4 is 0 Å². The van der Waals surface area contributed by atoms with Gasteiger partial charge in [0.25, 0.3) is 0 Å². The van der Waals surface area contributed by atoms with Crippen molar-refractivity contribution in [3.05, 3.63) is 35.4 Å². The van der Waals surface area contributed by atoms with Crippen molar-refractivity contribution in [3.63, 3.8) is 0 Å². The molecule has 2 nitrogen and oxygen atoms in total. The van der Waals surface area contributed by atoms with E-state index in [0.717, 1.165) is 19.3 Å². The zero-order valence-corrected chi connectivity index (χ0v) is 10.0. The minimum atomic E-state index is -2.39. The topological polar surface area (TPSA) is 37.3 Å². The van der Waals surface area contributed by atoms with Crippen LogP contribution in [-0.2, 0) is 5.41 Å². The van der Waals surface area contributed by atoms with E-state index < -0.39 is 17.8 Å². The largest absolute Gasteiger partial charge is 0.478 e. The van der Waals surface area contributed by atoms with E-state index in [2.05, 4.69) is 0 Å². The van der Waals surface area contributed by atoms with Gasteiger partial charge in [0.05, 0.1) is 11.0 Å². The van der Waals surface area contributed by atoms with E-state index in [1.807, 2.05) is 0 Å². The smallest absolute Gasteiger partial charge is 0.335 e. The molecule has 0 spiro atoms. The highest BCUT2D eigenvalue weighted by Gasteiger charge is 2.42. The molecule has 0 unspecified atom stereocenters. The molecule has 0 aromatic heterocycles. The van der Waals surface area contributed by atoms with Crippen LogP contribution in [0.25, 0.3) is 0 Å².